The molecule has 1 amide bonds. The summed E-state index contributed by atoms with van der Waals surface area (Å²) in [6, 6.07) is 5.44. The topological polar surface area (TPSA) is 59.9 Å². The number of amides is 1. The second-order valence-electron chi connectivity index (χ2n) is 5.18. The summed E-state index contributed by atoms with van der Waals surface area (Å²) in [5.74, 6) is 1.51. The molecule has 1 aliphatic carbocycles. The minimum Gasteiger partial charge on any atom is -0.497 e. The molecule has 1 aromatic rings. The van der Waals surface area contributed by atoms with Gasteiger partial charge in [0.1, 0.15) is 11.5 Å². The Balaban J connectivity index is 1.98. The Kier molecular flexibility index (Phi) is 5.60. The molecule has 0 saturated heterocycles. The van der Waals surface area contributed by atoms with Crippen LogP contribution in [0.2, 0.25) is 0 Å². The van der Waals surface area contributed by atoms with Crippen molar-refractivity contribution < 1.29 is 14.3 Å². The normalized spacial score (nSPS) is 15.9. The van der Waals surface area contributed by atoms with E-state index in [0.29, 0.717) is 5.75 Å². The Morgan fingerprint density at radius 2 is 2.00 bits per heavy atom. The average Bonchev–Trinajstić information content (AvgIpc) is 2.55. The zero-order valence-corrected chi connectivity index (χ0v) is 12.6. The third-order valence-corrected chi connectivity index (χ3v) is 3.79. The van der Waals surface area contributed by atoms with E-state index in [0.717, 1.165) is 37.0 Å². The third kappa shape index (κ3) is 4.21. The third-order valence-electron chi connectivity index (χ3n) is 3.79. The van der Waals surface area contributed by atoms with Crippen molar-refractivity contribution in [3.05, 3.63) is 23.8 Å². The molecule has 21 heavy (non-hydrogen) atoms. The molecule has 1 aromatic carbocycles. The number of hydrogen-bond acceptors (Lipinski definition) is 4. The van der Waals surface area contributed by atoms with E-state index in [2.05, 4.69) is 10.5 Å². The standard InChI is InChI=1S/C16H22N2O3/c1-20-14-8-9-15(21-2)13(10-14)11-17-18-16(19)12-6-4-3-5-7-12/h8-12H,3-7H2,1-2H3,(H,18,19)/b17-11+. The first-order valence-electron chi connectivity index (χ1n) is 7.29. The lowest BCUT2D eigenvalue weighted by molar-refractivity contribution is -0.125. The van der Waals surface area contributed by atoms with Gasteiger partial charge >= 0.3 is 0 Å². The molecule has 0 aromatic heterocycles. The molecular formula is C16H22N2O3. The summed E-state index contributed by atoms with van der Waals surface area (Å²) in [7, 11) is 3.20. The molecule has 1 N–H and O–H groups in total. The van der Waals surface area contributed by atoms with Gasteiger partial charge in [-0.3, -0.25) is 4.79 Å². The van der Waals surface area contributed by atoms with E-state index in [-0.39, 0.29) is 11.8 Å². The van der Waals surface area contributed by atoms with Crippen molar-refractivity contribution >= 4 is 12.1 Å². The molecule has 0 bridgehead atoms. The molecule has 5 nitrogen and oxygen atoms in total. The van der Waals surface area contributed by atoms with Crippen molar-refractivity contribution in [2.75, 3.05) is 14.2 Å². The first kappa shape index (κ1) is 15.4. The highest BCUT2D eigenvalue weighted by molar-refractivity contribution is 5.86. The van der Waals surface area contributed by atoms with E-state index in [1.807, 2.05) is 18.2 Å². The van der Waals surface area contributed by atoms with Gasteiger partial charge in [0.15, 0.2) is 0 Å². The van der Waals surface area contributed by atoms with Crippen molar-refractivity contribution in [1.82, 2.24) is 5.43 Å². The first-order chi connectivity index (χ1) is 10.2. The van der Waals surface area contributed by atoms with Gasteiger partial charge in [-0.1, -0.05) is 19.3 Å². The monoisotopic (exact) mass is 290 g/mol. The lowest BCUT2D eigenvalue weighted by Gasteiger charge is -2.19. The molecule has 1 fully saturated rings. The predicted molar refractivity (Wildman–Crippen MR) is 81.9 cm³/mol. The molecule has 114 valence electrons. The Hall–Kier alpha value is -2.04. The summed E-state index contributed by atoms with van der Waals surface area (Å²) in [4.78, 5) is 12.0. The highest BCUT2D eigenvalue weighted by Gasteiger charge is 2.20. The molecule has 0 radical (unpaired) electrons. The van der Waals surface area contributed by atoms with Crippen LogP contribution >= 0.6 is 0 Å². The molecule has 5 heteroatoms. The fraction of sp³-hybridized carbons (Fsp3) is 0.500. The zero-order valence-electron chi connectivity index (χ0n) is 12.6. The van der Waals surface area contributed by atoms with Crippen LogP contribution in [0.5, 0.6) is 11.5 Å². The number of nitrogens with one attached hydrogen (secondary N) is 1. The summed E-state index contributed by atoms with van der Waals surface area (Å²) in [5.41, 5.74) is 3.39. The molecule has 0 atom stereocenters. The molecule has 1 aliphatic rings. The lowest BCUT2D eigenvalue weighted by atomic mass is 9.89. The van der Waals surface area contributed by atoms with Crippen LogP contribution in [0.1, 0.15) is 37.7 Å². The highest BCUT2D eigenvalue weighted by atomic mass is 16.5. The molecule has 0 aliphatic heterocycles. The number of ether oxygens (including phenoxy) is 2. The van der Waals surface area contributed by atoms with Crippen LogP contribution in [-0.2, 0) is 4.79 Å². The van der Waals surface area contributed by atoms with Crippen LogP contribution in [0.15, 0.2) is 23.3 Å². The number of carbonyl (C=O) groups is 1. The summed E-state index contributed by atoms with van der Waals surface area (Å²) in [5, 5.41) is 4.04. The van der Waals surface area contributed by atoms with Crippen molar-refractivity contribution in [2.45, 2.75) is 32.1 Å². The van der Waals surface area contributed by atoms with Crippen LogP contribution < -0.4 is 14.9 Å². The van der Waals surface area contributed by atoms with E-state index >= 15 is 0 Å². The number of methoxy groups -OCH3 is 2. The quantitative estimate of drug-likeness (QED) is 0.670. The van der Waals surface area contributed by atoms with E-state index in [4.69, 9.17) is 9.47 Å². The SMILES string of the molecule is COc1ccc(OC)c(/C=N/NC(=O)C2CCCCC2)c1. The fourth-order valence-corrected chi connectivity index (χ4v) is 2.56. The molecule has 0 unspecified atom stereocenters. The van der Waals surface area contributed by atoms with E-state index < -0.39 is 0 Å². The van der Waals surface area contributed by atoms with Crippen molar-refractivity contribution in [2.24, 2.45) is 11.0 Å². The van der Waals surface area contributed by atoms with Gasteiger partial charge < -0.3 is 9.47 Å². The van der Waals surface area contributed by atoms with Gasteiger partial charge in [-0.25, -0.2) is 5.43 Å². The van der Waals surface area contributed by atoms with Crippen molar-refractivity contribution in [3.8, 4) is 11.5 Å². The smallest absolute Gasteiger partial charge is 0.243 e. The molecule has 1 saturated carbocycles. The number of nitrogens with zero attached hydrogens (tertiary/aromatic N) is 1. The van der Waals surface area contributed by atoms with Gasteiger partial charge in [-0.15, -0.1) is 0 Å². The number of hydrogen-bond donors (Lipinski definition) is 1. The average molecular weight is 290 g/mol. The molecular weight excluding hydrogens is 268 g/mol. The van der Waals surface area contributed by atoms with Crippen LogP contribution in [0.4, 0.5) is 0 Å². The van der Waals surface area contributed by atoms with Gasteiger partial charge in [0.2, 0.25) is 5.91 Å². The zero-order chi connectivity index (χ0) is 15.1. The second-order valence-corrected chi connectivity index (χ2v) is 5.18. The largest absolute Gasteiger partial charge is 0.497 e. The fourth-order valence-electron chi connectivity index (χ4n) is 2.56. The molecule has 2 rings (SSSR count). The lowest BCUT2D eigenvalue weighted by Crippen LogP contribution is -2.28. The maximum atomic E-state index is 12.0. The van der Waals surface area contributed by atoms with E-state index in [1.54, 1.807) is 20.4 Å². The summed E-state index contributed by atoms with van der Waals surface area (Å²) < 4.78 is 10.4. The molecule has 0 spiro atoms. The first-order valence-corrected chi connectivity index (χ1v) is 7.29. The van der Waals surface area contributed by atoms with Gasteiger partial charge in [0.25, 0.3) is 0 Å². The van der Waals surface area contributed by atoms with Crippen LogP contribution in [0, 0.1) is 5.92 Å². The highest BCUT2D eigenvalue weighted by Crippen LogP contribution is 2.24. The number of hydrazone groups is 1. The minimum atomic E-state index is 0.00723. The van der Waals surface area contributed by atoms with Gasteiger partial charge in [-0.2, -0.15) is 5.10 Å². The van der Waals surface area contributed by atoms with Crippen LogP contribution in [0.3, 0.4) is 0 Å². The summed E-state index contributed by atoms with van der Waals surface area (Å²) >= 11 is 0. The van der Waals surface area contributed by atoms with E-state index in [1.165, 1.54) is 6.42 Å². The second kappa shape index (κ2) is 7.67. The minimum absolute atomic E-state index is 0.00723. The van der Waals surface area contributed by atoms with Crippen LogP contribution in [-0.4, -0.2) is 26.3 Å². The van der Waals surface area contributed by atoms with Gasteiger partial charge in [0.05, 0.1) is 20.4 Å². The Morgan fingerprint density at radius 3 is 2.67 bits per heavy atom. The predicted octanol–water partition coefficient (Wildman–Crippen LogP) is 2.73. The van der Waals surface area contributed by atoms with Gasteiger partial charge in [-0.05, 0) is 31.0 Å². The maximum absolute atomic E-state index is 12.0. The van der Waals surface area contributed by atoms with Crippen LogP contribution in [0.25, 0.3) is 0 Å². The number of rotatable bonds is 5. The molecule has 0 heterocycles. The van der Waals surface area contributed by atoms with Crippen molar-refractivity contribution in [1.29, 1.82) is 0 Å². The van der Waals surface area contributed by atoms with Gasteiger partial charge in [0, 0.05) is 11.5 Å². The van der Waals surface area contributed by atoms with Crippen molar-refractivity contribution in [3.63, 3.8) is 0 Å². The number of benzene rings is 1. The Labute approximate surface area is 125 Å². The Morgan fingerprint density at radius 1 is 1.24 bits per heavy atom. The summed E-state index contributed by atoms with van der Waals surface area (Å²) in [6.45, 7) is 0. The maximum Gasteiger partial charge on any atom is 0.243 e. The number of carbonyl (C=O) groups excluding carboxylic acids is 1. The Bertz CT molecular complexity index is 508. The van der Waals surface area contributed by atoms with E-state index in [9.17, 15) is 4.79 Å². The summed E-state index contributed by atoms with van der Waals surface area (Å²) in [6.07, 6.45) is 7.00.